The number of nitrogens with one attached hydrogen (secondary N) is 1. The molecule has 3 aromatic rings. The van der Waals surface area contributed by atoms with Crippen LogP contribution in [0.4, 0.5) is 5.13 Å². The fourth-order valence-corrected chi connectivity index (χ4v) is 3.87. The van der Waals surface area contributed by atoms with Crippen molar-refractivity contribution in [1.82, 2.24) is 4.98 Å². The first-order chi connectivity index (χ1) is 11.9. The lowest BCUT2D eigenvalue weighted by atomic mass is 9.96. The molecule has 3 nitrogen and oxygen atoms in total. The van der Waals surface area contributed by atoms with Gasteiger partial charge in [-0.15, -0.1) is 0 Å². The first kappa shape index (κ1) is 17.6. The number of hydrogen-bond acceptors (Lipinski definition) is 3. The molecule has 0 aliphatic rings. The van der Waals surface area contributed by atoms with Crippen LogP contribution in [0.15, 0.2) is 42.5 Å². The predicted molar refractivity (Wildman–Crippen MR) is 106 cm³/mol. The number of carbonyl (C=O) groups is 1. The van der Waals surface area contributed by atoms with Crippen molar-refractivity contribution in [3.8, 4) is 0 Å². The molecule has 0 saturated carbocycles. The molecule has 0 spiro atoms. The lowest BCUT2D eigenvalue weighted by Gasteiger charge is -2.12. The summed E-state index contributed by atoms with van der Waals surface area (Å²) in [4.78, 5) is 17.2. The average molecular weight is 353 g/mol. The van der Waals surface area contributed by atoms with Gasteiger partial charge in [-0.05, 0) is 48.9 Å². The third-order valence-electron chi connectivity index (χ3n) is 4.37. The van der Waals surface area contributed by atoms with Crippen molar-refractivity contribution in [2.75, 3.05) is 5.32 Å². The largest absolute Gasteiger partial charge is 0.301 e. The number of amides is 1. The minimum absolute atomic E-state index is 0.0201. The molecular formula is C21H24N2OS. The third kappa shape index (κ3) is 4.07. The highest BCUT2D eigenvalue weighted by molar-refractivity contribution is 7.22. The Balaban J connectivity index is 1.72. The first-order valence-corrected chi connectivity index (χ1v) is 9.51. The summed E-state index contributed by atoms with van der Waals surface area (Å²) in [5, 5.41) is 3.64. The molecule has 1 atom stereocenters. The van der Waals surface area contributed by atoms with Crippen molar-refractivity contribution in [2.24, 2.45) is 5.92 Å². The zero-order valence-electron chi connectivity index (χ0n) is 15.2. The fourth-order valence-electron chi connectivity index (χ4n) is 2.92. The number of aromatic nitrogens is 1. The molecule has 2 aromatic carbocycles. The Bertz CT molecular complexity index is 881. The zero-order chi connectivity index (χ0) is 18.0. The molecule has 0 fully saturated rings. The van der Waals surface area contributed by atoms with Gasteiger partial charge in [0.05, 0.1) is 16.1 Å². The Labute approximate surface area is 153 Å². The van der Waals surface area contributed by atoms with Gasteiger partial charge in [-0.3, -0.25) is 4.79 Å². The van der Waals surface area contributed by atoms with Gasteiger partial charge in [0.2, 0.25) is 5.91 Å². The highest BCUT2D eigenvalue weighted by Crippen LogP contribution is 2.29. The van der Waals surface area contributed by atoms with E-state index >= 15 is 0 Å². The van der Waals surface area contributed by atoms with E-state index in [2.05, 4.69) is 48.4 Å². The molecule has 0 saturated heterocycles. The van der Waals surface area contributed by atoms with Gasteiger partial charge in [-0.2, -0.15) is 0 Å². The molecule has 1 aromatic heterocycles. The molecule has 1 unspecified atom stereocenters. The van der Waals surface area contributed by atoms with E-state index in [-0.39, 0.29) is 11.8 Å². The Morgan fingerprint density at radius 3 is 2.48 bits per heavy atom. The Kier molecular flexibility index (Phi) is 5.19. The summed E-state index contributed by atoms with van der Waals surface area (Å²) in [6.45, 7) is 8.40. The minimum Gasteiger partial charge on any atom is -0.301 e. The normalized spacial score (nSPS) is 12.5. The van der Waals surface area contributed by atoms with E-state index in [0.717, 1.165) is 27.8 Å². The maximum absolute atomic E-state index is 12.6. The first-order valence-electron chi connectivity index (χ1n) is 8.70. The molecule has 4 heteroatoms. The average Bonchev–Trinajstić information content (AvgIpc) is 2.98. The van der Waals surface area contributed by atoms with E-state index in [0.29, 0.717) is 11.0 Å². The number of carbonyl (C=O) groups excluding carboxylic acids is 1. The van der Waals surface area contributed by atoms with Gasteiger partial charge in [0.1, 0.15) is 0 Å². The molecule has 0 bridgehead atoms. The summed E-state index contributed by atoms with van der Waals surface area (Å²) >= 11 is 1.52. The second-order valence-electron chi connectivity index (χ2n) is 6.99. The van der Waals surface area contributed by atoms with E-state index in [1.54, 1.807) is 0 Å². The minimum atomic E-state index is -0.207. The lowest BCUT2D eigenvalue weighted by molar-refractivity contribution is -0.117. The lowest BCUT2D eigenvalue weighted by Crippen LogP contribution is -2.18. The molecule has 0 aliphatic carbocycles. The van der Waals surface area contributed by atoms with Crippen LogP contribution in [0.1, 0.15) is 43.4 Å². The SMILES string of the molecule is Cc1cccc2sc(NC(=O)C(C)c3ccc(CC(C)C)cc3)nc12. The van der Waals surface area contributed by atoms with Crippen molar-refractivity contribution in [1.29, 1.82) is 0 Å². The molecule has 1 amide bonds. The summed E-state index contributed by atoms with van der Waals surface area (Å²) in [5.41, 5.74) is 4.44. The highest BCUT2D eigenvalue weighted by Gasteiger charge is 2.17. The van der Waals surface area contributed by atoms with Crippen LogP contribution in [0.5, 0.6) is 0 Å². The fraction of sp³-hybridized carbons (Fsp3) is 0.333. The van der Waals surface area contributed by atoms with Crippen LogP contribution >= 0.6 is 11.3 Å². The quantitative estimate of drug-likeness (QED) is 0.654. The predicted octanol–water partition coefficient (Wildman–Crippen LogP) is 5.55. The maximum Gasteiger partial charge on any atom is 0.233 e. The topological polar surface area (TPSA) is 42.0 Å². The maximum atomic E-state index is 12.6. The van der Waals surface area contributed by atoms with E-state index < -0.39 is 0 Å². The Morgan fingerprint density at radius 2 is 1.84 bits per heavy atom. The van der Waals surface area contributed by atoms with Crippen molar-refractivity contribution < 1.29 is 4.79 Å². The zero-order valence-corrected chi connectivity index (χ0v) is 16.0. The van der Waals surface area contributed by atoms with Gasteiger partial charge in [0, 0.05) is 0 Å². The number of hydrogen-bond donors (Lipinski definition) is 1. The number of thiazole rings is 1. The molecule has 0 aliphatic heterocycles. The van der Waals surface area contributed by atoms with Crippen LogP contribution in [-0.2, 0) is 11.2 Å². The number of anilines is 1. The van der Waals surface area contributed by atoms with Crippen LogP contribution in [0, 0.1) is 12.8 Å². The van der Waals surface area contributed by atoms with Gasteiger partial charge >= 0.3 is 0 Å². The smallest absolute Gasteiger partial charge is 0.233 e. The van der Waals surface area contributed by atoms with Gasteiger partial charge in [-0.1, -0.05) is 61.6 Å². The second-order valence-corrected chi connectivity index (χ2v) is 8.02. The van der Waals surface area contributed by atoms with Crippen molar-refractivity contribution in [3.05, 3.63) is 59.2 Å². The number of nitrogens with zero attached hydrogens (tertiary/aromatic N) is 1. The van der Waals surface area contributed by atoms with E-state index in [4.69, 9.17) is 0 Å². The molecule has 1 N–H and O–H groups in total. The van der Waals surface area contributed by atoms with Crippen LogP contribution in [0.25, 0.3) is 10.2 Å². The number of fused-ring (bicyclic) bond motifs is 1. The summed E-state index contributed by atoms with van der Waals surface area (Å²) in [6, 6.07) is 14.5. The summed E-state index contributed by atoms with van der Waals surface area (Å²) in [7, 11) is 0. The van der Waals surface area contributed by atoms with Crippen LogP contribution in [0.2, 0.25) is 0 Å². The van der Waals surface area contributed by atoms with Gasteiger partial charge in [0.15, 0.2) is 5.13 Å². The van der Waals surface area contributed by atoms with Crippen LogP contribution in [-0.4, -0.2) is 10.9 Å². The monoisotopic (exact) mass is 352 g/mol. The van der Waals surface area contributed by atoms with Crippen LogP contribution < -0.4 is 5.32 Å². The van der Waals surface area contributed by atoms with Crippen LogP contribution in [0.3, 0.4) is 0 Å². The Hall–Kier alpha value is -2.20. The number of benzene rings is 2. The molecule has 130 valence electrons. The highest BCUT2D eigenvalue weighted by atomic mass is 32.1. The molecule has 25 heavy (non-hydrogen) atoms. The molecule has 0 radical (unpaired) electrons. The van der Waals surface area contributed by atoms with Crippen molar-refractivity contribution in [3.63, 3.8) is 0 Å². The molecule has 3 rings (SSSR count). The second kappa shape index (κ2) is 7.36. The van der Waals surface area contributed by atoms with E-state index in [9.17, 15) is 4.79 Å². The summed E-state index contributed by atoms with van der Waals surface area (Å²) in [5.74, 6) is 0.406. The number of aryl methyl sites for hydroxylation is 1. The number of para-hydroxylation sites is 1. The van der Waals surface area contributed by atoms with Crippen molar-refractivity contribution in [2.45, 2.75) is 40.0 Å². The standard InChI is InChI=1S/C21H24N2OS/c1-13(2)12-16-8-10-17(11-9-16)15(4)20(24)23-21-22-19-14(3)6-5-7-18(19)25-21/h5-11,13,15H,12H2,1-4H3,(H,22,23,24). The van der Waals surface area contributed by atoms with Gasteiger partial charge in [-0.25, -0.2) is 4.98 Å². The summed E-state index contributed by atoms with van der Waals surface area (Å²) in [6.07, 6.45) is 1.06. The molecule has 1 heterocycles. The molecular weight excluding hydrogens is 328 g/mol. The van der Waals surface area contributed by atoms with Gasteiger partial charge in [0.25, 0.3) is 0 Å². The van der Waals surface area contributed by atoms with Gasteiger partial charge < -0.3 is 5.32 Å². The Morgan fingerprint density at radius 1 is 1.12 bits per heavy atom. The third-order valence-corrected chi connectivity index (χ3v) is 5.30. The summed E-state index contributed by atoms with van der Waals surface area (Å²) < 4.78 is 1.10. The number of rotatable bonds is 5. The van der Waals surface area contributed by atoms with E-state index in [1.165, 1.54) is 16.9 Å². The van der Waals surface area contributed by atoms with Crippen molar-refractivity contribution >= 4 is 32.6 Å². The van der Waals surface area contributed by atoms with E-state index in [1.807, 2.05) is 32.0 Å².